The summed E-state index contributed by atoms with van der Waals surface area (Å²) >= 11 is 0. The molecule has 0 aromatic heterocycles. The molecular weight excluding hydrogens is 404 g/mol. The normalized spacial score (nSPS) is 15.1. The highest BCUT2D eigenvalue weighted by molar-refractivity contribution is 5.98. The lowest BCUT2D eigenvalue weighted by molar-refractivity contribution is 0.0575. The molecule has 0 bridgehead atoms. The van der Waals surface area contributed by atoms with E-state index >= 15 is 0 Å². The zero-order valence-electron chi connectivity index (χ0n) is 19.2. The summed E-state index contributed by atoms with van der Waals surface area (Å²) in [6, 6.07) is 13.1. The Kier molecular flexibility index (Phi) is 7.03. The van der Waals surface area contributed by atoms with Crippen molar-refractivity contribution in [1.29, 1.82) is 0 Å². The standard InChI is InChI=1S/C26H30N2O4/c1-18-14-19(22-11-6-7-12-23(22)24(29)31-5)16-21(15-18)28(25(30)32-26(2,3)4)17-20-10-8-9-13-27-20/h6-16,20,27H,17H2,1-5H3. The zero-order chi connectivity index (χ0) is 23.3. The van der Waals surface area contributed by atoms with Crippen LogP contribution in [-0.2, 0) is 9.47 Å². The number of aryl methyl sites for hydroxylation is 1. The molecule has 2 aromatic rings. The number of esters is 1. The number of nitrogens with zero attached hydrogens (tertiary/aromatic N) is 1. The van der Waals surface area contributed by atoms with Crippen LogP contribution in [0.1, 0.15) is 36.7 Å². The number of hydrogen-bond acceptors (Lipinski definition) is 5. The van der Waals surface area contributed by atoms with E-state index in [1.165, 1.54) is 7.11 Å². The van der Waals surface area contributed by atoms with Crippen LogP contribution in [0.3, 0.4) is 0 Å². The molecule has 0 saturated heterocycles. The topological polar surface area (TPSA) is 67.9 Å². The van der Waals surface area contributed by atoms with Gasteiger partial charge in [0.25, 0.3) is 0 Å². The number of anilines is 1. The van der Waals surface area contributed by atoms with Crippen LogP contribution in [-0.4, -0.2) is 37.4 Å². The molecule has 6 heteroatoms. The van der Waals surface area contributed by atoms with Crippen LogP contribution >= 0.6 is 0 Å². The minimum absolute atomic E-state index is 0.0566. The Bertz CT molecular complexity index is 1050. The molecule has 1 aliphatic rings. The lowest BCUT2D eigenvalue weighted by Gasteiger charge is -2.30. The van der Waals surface area contributed by atoms with Crippen molar-refractivity contribution in [2.24, 2.45) is 0 Å². The number of amides is 1. The zero-order valence-corrected chi connectivity index (χ0v) is 19.2. The number of benzene rings is 2. The van der Waals surface area contributed by atoms with Crippen molar-refractivity contribution in [3.8, 4) is 11.1 Å². The Hall–Kier alpha value is -3.54. The predicted octanol–water partition coefficient (Wildman–Crippen LogP) is 5.23. The number of hydrogen-bond donors (Lipinski definition) is 1. The van der Waals surface area contributed by atoms with E-state index in [1.807, 2.05) is 82.5 Å². The minimum atomic E-state index is -0.630. The van der Waals surface area contributed by atoms with Gasteiger partial charge >= 0.3 is 12.1 Å². The highest BCUT2D eigenvalue weighted by atomic mass is 16.6. The van der Waals surface area contributed by atoms with E-state index in [1.54, 1.807) is 17.0 Å². The monoisotopic (exact) mass is 434 g/mol. The van der Waals surface area contributed by atoms with E-state index < -0.39 is 17.7 Å². The first kappa shape index (κ1) is 23.1. The number of methoxy groups -OCH3 is 1. The van der Waals surface area contributed by atoms with Crippen molar-refractivity contribution >= 4 is 17.7 Å². The minimum Gasteiger partial charge on any atom is -0.465 e. The maximum Gasteiger partial charge on any atom is 0.414 e. The summed E-state index contributed by atoms with van der Waals surface area (Å²) in [5, 5.41) is 3.25. The molecule has 168 valence electrons. The lowest BCUT2D eigenvalue weighted by atomic mass is 9.97. The van der Waals surface area contributed by atoms with E-state index in [0.29, 0.717) is 17.8 Å². The predicted molar refractivity (Wildman–Crippen MR) is 127 cm³/mol. The molecule has 0 fully saturated rings. The molecule has 1 unspecified atom stereocenters. The SMILES string of the molecule is COC(=O)c1ccccc1-c1cc(C)cc(N(CC2C=CC=CN2)C(=O)OC(C)(C)C)c1. The third-order valence-electron chi connectivity index (χ3n) is 4.87. The number of nitrogens with one attached hydrogen (secondary N) is 1. The van der Waals surface area contributed by atoms with Crippen molar-refractivity contribution in [2.75, 3.05) is 18.6 Å². The summed E-state index contributed by atoms with van der Waals surface area (Å²) in [6.45, 7) is 7.89. The summed E-state index contributed by atoms with van der Waals surface area (Å²) < 4.78 is 10.7. The Labute approximate surface area is 189 Å². The van der Waals surface area contributed by atoms with Gasteiger partial charge in [-0.05, 0) is 74.9 Å². The maximum absolute atomic E-state index is 13.2. The lowest BCUT2D eigenvalue weighted by Crippen LogP contribution is -2.44. The fourth-order valence-corrected chi connectivity index (χ4v) is 3.50. The van der Waals surface area contributed by atoms with E-state index in [9.17, 15) is 9.59 Å². The Morgan fingerprint density at radius 2 is 1.84 bits per heavy atom. The smallest absolute Gasteiger partial charge is 0.414 e. The highest BCUT2D eigenvalue weighted by Crippen LogP contribution is 2.31. The summed E-state index contributed by atoms with van der Waals surface area (Å²) in [7, 11) is 1.37. The van der Waals surface area contributed by atoms with Crippen molar-refractivity contribution < 1.29 is 19.1 Å². The number of ether oxygens (including phenoxy) is 2. The quantitative estimate of drug-likeness (QED) is 0.653. The Morgan fingerprint density at radius 1 is 1.09 bits per heavy atom. The molecule has 0 saturated carbocycles. The number of allylic oxidation sites excluding steroid dienone is 2. The fraction of sp³-hybridized carbons (Fsp3) is 0.308. The second-order valence-corrected chi connectivity index (χ2v) is 8.70. The summed E-state index contributed by atoms with van der Waals surface area (Å²) in [6.07, 6.45) is 7.28. The first-order chi connectivity index (χ1) is 15.2. The van der Waals surface area contributed by atoms with Gasteiger partial charge in [-0.15, -0.1) is 0 Å². The Morgan fingerprint density at radius 3 is 2.50 bits per heavy atom. The number of carbonyl (C=O) groups is 2. The van der Waals surface area contributed by atoms with Crippen LogP contribution in [0.4, 0.5) is 10.5 Å². The van der Waals surface area contributed by atoms with Gasteiger partial charge in [-0.25, -0.2) is 9.59 Å². The first-order valence-corrected chi connectivity index (χ1v) is 10.6. The van der Waals surface area contributed by atoms with Gasteiger partial charge in [0.15, 0.2) is 0 Å². The van der Waals surface area contributed by atoms with Gasteiger partial charge in [-0.3, -0.25) is 4.90 Å². The summed E-state index contributed by atoms with van der Waals surface area (Å²) in [5.41, 5.74) is 3.05. The second kappa shape index (κ2) is 9.73. The molecule has 1 N–H and O–H groups in total. The summed E-state index contributed by atoms with van der Waals surface area (Å²) in [4.78, 5) is 27.1. The van der Waals surface area contributed by atoms with Crippen LogP contribution in [0, 0.1) is 6.92 Å². The van der Waals surface area contributed by atoms with Gasteiger partial charge in [-0.2, -0.15) is 0 Å². The third-order valence-corrected chi connectivity index (χ3v) is 4.87. The molecule has 1 heterocycles. The van der Waals surface area contributed by atoms with Crippen LogP contribution in [0.25, 0.3) is 11.1 Å². The molecule has 1 aliphatic heterocycles. The average Bonchev–Trinajstić information content (AvgIpc) is 2.76. The Balaban J connectivity index is 2.05. The van der Waals surface area contributed by atoms with Crippen LogP contribution in [0.2, 0.25) is 0 Å². The van der Waals surface area contributed by atoms with Crippen LogP contribution < -0.4 is 10.2 Å². The second-order valence-electron chi connectivity index (χ2n) is 8.70. The number of dihydropyridines is 1. The van der Waals surface area contributed by atoms with Gasteiger partial charge < -0.3 is 14.8 Å². The van der Waals surface area contributed by atoms with Crippen LogP contribution in [0.15, 0.2) is 66.9 Å². The molecule has 1 amide bonds. The molecule has 1 atom stereocenters. The van der Waals surface area contributed by atoms with E-state index in [4.69, 9.17) is 9.47 Å². The largest absolute Gasteiger partial charge is 0.465 e. The summed E-state index contributed by atoms with van der Waals surface area (Å²) in [5.74, 6) is -0.406. The molecule has 6 nitrogen and oxygen atoms in total. The van der Waals surface area contributed by atoms with Crippen molar-refractivity contribution in [2.45, 2.75) is 39.3 Å². The number of carbonyl (C=O) groups excluding carboxylic acids is 2. The first-order valence-electron chi connectivity index (χ1n) is 10.6. The molecule has 3 rings (SSSR count). The van der Waals surface area contributed by atoms with Gasteiger partial charge in [0.2, 0.25) is 0 Å². The van der Waals surface area contributed by atoms with E-state index in [2.05, 4.69) is 5.32 Å². The number of rotatable bonds is 5. The van der Waals surface area contributed by atoms with Gasteiger partial charge in [0, 0.05) is 5.69 Å². The fourth-order valence-electron chi connectivity index (χ4n) is 3.50. The van der Waals surface area contributed by atoms with Crippen molar-refractivity contribution in [3.63, 3.8) is 0 Å². The molecule has 32 heavy (non-hydrogen) atoms. The average molecular weight is 435 g/mol. The molecular formula is C26H30N2O4. The molecule has 2 aromatic carbocycles. The molecule has 0 aliphatic carbocycles. The third kappa shape index (κ3) is 5.78. The van der Waals surface area contributed by atoms with Gasteiger partial charge in [0.1, 0.15) is 5.60 Å². The van der Waals surface area contributed by atoms with Crippen molar-refractivity contribution in [1.82, 2.24) is 5.32 Å². The highest BCUT2D eigenvalue weighted by Gasteiger charge is 2.26. The van der Waals surface area contributed by atoms with E-state index in [0.717, 1.165) is 16.7 Å². The molecule has 0 radical (unpaired) electrons. The van der Waals surface area contributed by atoms with Gasteiger partial charge in [-0.1, -0.05) is 36.4 Å². The van der Waals surface area contributed by atoms with E-state index in [-0.39, 0.29) is 6.04 Å². The van der Waals surface area contributed by atoms with Gasteiger partial charge in [0.05, 0.1) is 25.3 Å². The molecule has 0 spiro atoms. The van der Waals surface area contributed by atoms with Crippen LogP contribution in [0.5, 0.6) is 0 Å². The maximum atomic E-state index is 13.2. The van der Waals surface area contributed by atoms with Crippen molar-refractivity contribution in [3.05, 3.63) is 78.0 Å².